The van der Waals surface area contributed by atoms with Crippen LogP contribution in [0.4, 0.5) is 0 Å². The second-order valence-electron chi connectivity index (χ2n) is 7.45. The maximum absolute atomic E-state index is 5.67. The number of ether oxygens (including phenoxy) is 3. The van der Waals surface area contributed by atoms with Crippen molar-refractivity contribution in [3.05, 3.63) is 23.8 Å². The van der Waals surface area contributed by atoms with E-state index in [0.29, 0.717) is 25.1 Å². The first kappa shape index (κ1) is 23.3. The Hall–Kier alpha value is -1.99. The molecule has 1 atom stereocenters. The van der Waals surface area contributed by atoms with Crippen molar-refractivity contribution >= 4 is 5.96 Å². The van der Waals surface area contributed by atoms with E-state index in [4.69, 9.17) is 19.2 Å². The molecule has 0 amide bonds. The van der Waals surface area contributed by atoms with E-state index < -0.39 is 0 Å². The molecule has 1 heterocycles. The molecule has 0 saturated carbocycles. The number of methoxy groups -OCH3 is 1. The molecule has 0 bridgehead atoms. The summed E-state index contributed by atoms with van der Waals surface area (Å²) in [5.41, 5.74) is 1.08. The third-order valence-corrected chi connectivity index (χ3v) is 5.05. The summed E-state index contributed by atoms with van der Waals surface area (Å²) >= 11 is 0. The van der Waals surface area contributed by atoms with E-state index in [2.05, 4.69) is 36.3 Å². The van der Waals surface area contributed by atoms with E-state index in [1.165, 1.54) is 0 Å². The average molecular weight is 407 g/mol. The van der Waals surface area contributed by atoms with Gasteiger partial charge in [-0.15, -0.1) is 0 Å². The van der Waals surface area contributed by atoms with Gasteiger partial charge in [-0.25, -0.2) is 4.99 Å². The number of aliphatic imine (C=N–C) groups is 1. The van der Waals surface area contributed by atoms with Gasteiger partial charge < -0.3 is 24.8 Å². The van der Waals surface area contributed by atoms with Gasteiger partial charge in [0.2, 0.25) is 0 Å². The molecule has 0 aromatic heterocycles. The van der Waals surface area contributed by atoms with E-state index in [-0.39, 0.29) is 0 Å². The molecule has 2 rings (SSSR count). The Morgan fingerprint density at radius 1 is 1.17 bits per heavy atom. The highest BCUT2D eigenvalue weighted by atomic mass is 16.5. The number of hydrogen-bond donors (Lipinski definition) is 2. The smallest absolute Gasteiger partial charge is 0.191 e. The van der Waals surface area contributed by atoms with E-state index in [1.807, 2.05) is 25.1 Å². The van der Waals surface area contributed by atoms with Crippen LogP contribution in [0.2, 0.25) is 0 Å². The van der Waals surface area contributed by atoms with E-state index >= 15 is 0 Å². The van der Waals surface area contributed by atoms with Gasteiger partial charge in [-0.3, -0.25) is 4.90 Å². The lowest BCUT2D eigenvalue weighted by atomic mass is 10.0. The molecule has 7 heteroatoms. The van der Waals surface area contributed by atoms with Gasteiger partial charge in [0, 0.05) is 32.2 Å². The van der Waals surface area contributed by atoms with Gasteiger partial charge in [0.25, 0.3) is 0 Å². The molecule has 1 saturated heterocycles. The highest BCUT2D eigenvalue weighted by molar-refractivity contribution is 5.79. The number of hydrogen-bond acceptors (Lipinski definition) is 5. The number of benzene rings is 1. The summed E-state index contributed by atoms with van der Waals surface area (Å²) in [6, 6.07) is 6.41. The van der Waals surface area contributed by atoms with Crippen molar-refractivity contribution in [2.45, 2.75) is 40.3 Å². The molecule has 1 aliphatic rings. The third kappa shape index (κ3) is 7.40. The van der Waals surface area contributed by atoms with Crippen LogP contribution in [-0.4, -0.2) is 70.0 Å². The summed E-state index contributed by atoms with van der Waals surface area (Å²) in [7, 11) is 1.66. The van der Waals surface area contributed by atoms with Crippen molar-refractivity contribution in [1.82, 2.24) is 15.5 Å². The van der Waals surface area contributed by atoms with Crippen LogP contribution >= 0.6 is 0 Å². The molecular weight excluding hydrogens is 368 g/mol. The minimum Gasteiger partial charge on any atom is -0.493 e. The molecule has 1 unspecified atom stereocenters. The van der Waals surface area contributed by atoms with Gasteiger partial charge >= 0.3 is 0 Å². The van der Waals surface area contributed by atoms with Crippen molar-refractivity contribution in [3.8, 4) is 11.5 Å². The van der Waals surface area contributed by atoms with Crippen LogP contribution < -0.4 is 20.1 Å². The summed E-state index contributed by atoms with van der Waals surface area (Å²) in [5, 5.41) is 6.88. The lowest BCUT2D eigenvalue weighted by Gasteiger charge is -2.37. The van der Waals surface area contributed by atoms with Crippen molar-refractivity contribution in [1.29, 1.82) is 0 Å². The van der Waals surface area contributed by atoms with Crippen LogP contribution in [0, 0.1) is 5.92 Å². The molecule has 0 radical (unpaired) electrons. The van der Waals surface area contributed by atoms with Crippen molar-refractivity contribution in [3.63, 3.8) is 0 Å². The SMILES string of the molecule is CCNC(=NCc1ccc(OC)c(OCC)c1)NCC(C(C)C)N1CCOCC1. The van der Waals surface area contributed by atoms with Gasteiger partial charge in [0.05, 0.1) is 33.5 Å². The maximum atomic E-state index is 5.67. The second kappa shape index (κ2) is 12.5. The lowest BCUT2D eigenvalue weighted by molar-refractivity contribution is 0.00752. The van der Waals surface area contributed by atoms with Crippen molar-refractivity contribution < 1.29 is 14.2 Å². The summed E-state index contributed by atoms with van der Waals surface area (Å²) in [4.78, 5) is 7.29. The van der Waals surface area contributed by atoms with Crippen molar-refractivity contribution in [2.24, 2.45) is 10.9 Å². The molecule has 29 heavy (non-hydrogen) atoms. The average Bonchev–Trinajstić information content (AvgIpc) is 2.73. The fourth-order valence-corrected chi connectivity index (χ4v) is 3.50. The minimum absolute atomic E-state index is 0.452. The predicted octanol–water partition coefficient (Wildman–Crippen LogP) is 2.51. The van der Waals surface area contributed by atoms with Gasteiger partial charge in [0.15, 0.2) is 17.5 Å². The van der Waals surface area contributed by atoms with Crippen LogP contribution in [0.5, 0.6) is 11.5 Å². The first-order valence-corrected chi connectivity index (χ1v) is 10.7. The molecule has 1 aliphatic heterocycles. The Morgan fingerprint density at radius 2 is 1.93 bits per heavy atom. The molecule has 0 spiro atoms. The number of nitrogens with zero attached hydrogens (tertiary/aromatic N) is 2. The maximum Gasteiger partial charge on any atom is 0.191 e. The van der Waals surface area contributed by atoms with Crippen LogP contribution in [0.3, 0.4) is 0 Å². The zero-order valence-corrected chi connectivity index (χ0v) is 18.7. The number of rotatable bonds is 10. The Kier molecular flexibility index (Phi) is 10.1. The second-order valence-corrected chi connectivity index (χ2v) is 7.45. The van der Waals surface area contributed by atoms with Crippen LogP contribution in [0.1, 0.15) is 33.3 Å². The molecule has 7 nitrogen and oxygen atoms in total. The molecular formula is C22H38N4O3. The zero-order chi connectivity index (χ0) is 21.1. The number of nitrogens with one attached hydrogen (secondary N) is 2. The molecule has 164 valence electrons. The Morgan fingerprint density at radius 3 is 2.55 bits per heavy atom. The van der Waals surface area contributed by atoms with Gasteiger partial charge in [-0.2, -0.15) is 0 Å². The monoisotopic (exact) mass is 406 g/mol. The van der Waals surface area contributed by atoms with E-state index in [9.17, 15) is 0 Å². The Balaban J connectivity index is 2.02. The van der Waals surface area contributed by atoms with Crippen LogP contribution in [-0.2, 0) is 11.3 Å². The van der Waals surface area contributed by atoms with E-state index in [0.717, 1.165) is 62.4 Å². The summed E-state index contributed by atoms with van der Waals surface area (Å²) in [6.45, 7) is 15.1. The predicted molar refractivity (Wildman–Crippen MR) is 118 cm³/mol. The summed E-state index contributed by atoms with van der Waals surface area (Å²) < 4.78 is 16.5. The Labute approximate surface area is 175 Å². The topological polar surface area (TPSA) is 67.4 Å². The van der Waals surface area contributed by atoms with E-state index in [1.54, 1.807) is 7.11 Å². The largest absolute Gasteiger partial charge is 0.493 e. The highest BCUT2D eigenvalue weighted by Gasteiger charge is 2.23. The molecule has 0 aliphatic carbocycles. The fraction of sp³-hybridized carbons (Fsp3) is 0.682. The Bertz CT molecular complexity index is 630. The summed E-state index contributed by atoms with van der Waals surface area (Å²) in [6.07, 6.45) is 0. The first-order chi connectivity index (χ1) is 14.1. The quantitative estimate of drug-likeness (QED) is 0.460. The molecule has 1 aromatic carbocycles. The summed E-state index contributed by atoms with van der Waals surface area (Å²) in [5.74, 6) is 2.89. The van der Waals surface area contributed by atoms with Crippen LogP contribution in [0.15, 0.2) is 23.2 Å². The number of morpholine rings is 1. The minimum atomic E-state index is 0.452. The van der Waals surface area contributed by atoms with Gasteiger partial charge in [-0.05, 0) is 37.5 Å². The normalized spacial score (nSPS) is 16.6. The van der Waals surface area contributed by atoms with Crippen LogP contribution in [0.25, 0.3) is 0 Å². The third-order valence-electron chi connectivity index (χ3n) is 5.05. The lowest BCUT2D eigenvalue weighted by Crippen LogP contribution is -2.52. The molecule has 2 N–H and O–H groups in total. The fourth-order valence-electron chi connectivity index (χ4n) is 3.50. The first-order valence-electron chi connectivity index (χ1n) is 10.7. The highest BCUT2D eigenvalue weighted by Crippen LogP contribution is 2.28. The van der Waals surface area contributed by atoms with Gasteiger partial charge in [0.1, 0.15) is 0 Å². The van der Waals surface area contributed by atoms with Gasteiger partial charge in [-0.1, -0.05) is 19.9 Å². The zero-order valence-electron chi connectivity index (χ0n) is 18.7. The molecule has 1 fully saturated rings. The van der Waals surface area contributed by atoms with Crippen molar-refractivity contribution in [2.75, 3.05) is 53.1 Å². The number of guanidine groups is 1. The molecule has 1 aromatic rings. The standard InChI is InChI=1S/C22H38N4O3/c1-6-23-22(25-16-19(17(3)4)26-10-12-28-13-11-26)24-15-18-8-9-20(27-5)21(14-18)29-7-2/h8-9,14,17,19H,6-7,10-13,15-16H2,1-5H3,(H2,23,24,25).